The molecule has 1 aromatic heterocycles. The molecule has 1 aromatic carbocycles. The highest BCUT2D eigenvalue weighted by molar-refractivity contribution is 6.10. The van der Waals surface area contributed by atoms with E-state index in [0.29, 0.717) is 5.75 Å². The maximum atomic E-state index is 12.2. The van der Waals surface area contributed by atoms with Gasteiger partial charge >= 0.3 is 5.97 Å². The summed E-state index contributed by atoms with van der Waals surface area (Å²) in [5.41, 5.74) is 1.01. The highest BCUT2D eigenvalue weighted by Crippen LogP contribution is 2.28. The van der Waals surface area contributed by atoms with Gasteiger partial charge in [-0.25, -0.2) is 4.79 Å². The van der Waals surface area contributed by atoms with E-state index in [1.54, 1.807) is 26.0 Å². The molecule has 0 aliphatic heterocycles. The molecule has 0 saturated heterocycles. The van der Waals surface area contributed by atoms with Crippen molar-refractivity contribution in [2.24, 2.45) is 0 Å². The fourth-order valence-corrected chi connectivity index (χ4v) is 2.47. The van der Waals surface area contributed by atoms with Crippen LogP contribution in [-0.2, 0) is 9.53 Å². The Balaban J connectivity index is 2.17. The number of furan rings is 1. The van der Waals surface area contributed by atoms with E-state index in [1.807, 2.05) is 19.1 Å². The molecule has 7 heteroatoms. The summed E-state index contributed by atoms with van der Waals surface area (Å²) in [5.74, 6) is -0.957. The second kappa shape index (κ2) is 8.33. The minimum atomic E-state index is -0.732. The molecule has 0 atom stereocenters. The van der Waals surface area contributed by atoms with Gasteiger partial charge in [0, 0.05) is 0 Å². The van der Waals surface area contributed by atoms with Crippen molar-refractivity contribution in [2.75, 3.05) is 18.5 Å². The van der Waals surface area contributed by atoms with Crippen LogP contribution in [-0.4, -0.2) is 30.9 Å². The van der Waals surface area contributed by atoms with E-state index >= 15 is 0 Å². The fraction of sp³-hybridized carbons (Fsp3) is 0.316. The molecule has 0 saturated carbocycles. The molecule has 2 rings (SSSR count). The number of carbonyl (C=O) groups is 3. The van der Waals surface area contributed by atoms with Crippen molar-refractivity contribution in [2.45, 2.75) is 27.7 Å². The zero-order chi connectivity index (χ0) is 19.3. The summed E-state index contributed by atoms with van der Waals surface area (Å²) in [5, 5.41) is 2.47. The number of anilines is 1. The Morgan fingerprint density at radius 1 is 1.15 bits per heavy atom. The predicted molar refractivity (Wildman–Crippen MR) is 94.7 cm³/mol. The van der Waals surface area contributed by atoms with Crippen LogP contribution in [0.2, 0.25) is 0 Å². The number of aryl methyl sites for hydroxylation is 2. The van der Waals surface area contributed by atoms with Crippen LogP contribution in [0.4, 0.5) is 5.88 Å². The summed E-state index contributed by atoms with van der Waals surface area (Å²) in [6.45, 7) is 6.26. The third-order valence-corrected chi connectivity index (χ3v) is 3.53. The monoisotopic (exact) mass is 359 g/mol. The Hall–Kier alpha value is -3.09. The first-order valence-electron chi connectivity index (χ1n) is 8.14. The molecule has 26 heavy (non-hydrogen) atoms. The summed E-state index contributed by atoms with van der Waals surface area (Å²) in [6.07, 6.45) is 0. The third kappa shape index (κ3) is 4.50. The Morgan fingerprint density at radius 2 is 1.88 bits per heavy atom. The first-order chi connectivity index (χ1) is 12.3. The molecule has 0 unspecified atom stereocenters. The van der Waals surface area contributed by atoms with Gasteiger partial charge in [0.15, 0.2) is 12.4 Å². The lowest BCUT2D eigenvalue weighted by atomic mass is 10.1. The van der Waals surface area contributed by atoms with E-state index in [-0.39, 0.29) is 41.8 Å². The molecule has 0 aliphatic carbocycles. The normalized spacial score (nSPS) is 10.3. The molecule has 0 aliphatic rings. The van der Waals surface area contributed by atoms with Crippen LogP contribution in [0.5, 0.6) is 5.75 Å². The molecular weight excluding hydrogens is 338 g/mol. The number of hydrogen-bond donors (Lipinski definition) is 1. The first kappa shape index (κ1) is 19.2. The highest BCUT2D eigenvalue weighted by atomic mass is 16.5. The quantitative estimate of drug-likeness (QED) is 0.602. The molecule has 138 valence electrons. The van der Waals surface area contributed by atoms with Gasteiger partial charge in [-0.2, -0.15) is 0 Å². The fourth-order valence-electron chi connectivity index (χ4n) is 2.47. The van der Waals surface area contributed by atoms with Gasteiger partial charge in [0.2, 0.25) is 5.88 Å². The second-order valence-corrected chi connectivity index (χ2v) is 5.67. The number of rotatable bonds is 7. The number of Topliss-reactive ketones (excluding diaryl/α,β-unsaturated/α-hetero) is 1. The van der Waals surface area contributed by atoms with Crippen LogP contribution in [0.1, 0.15) is 45.9 Å². The lowest BCUT2D eigenvalue weighted by Crippen LogP contribution is -2.21. The van der Waals surface area contributed by atoms with Crippen LogP contribution in [0.15, 0.2) is 28.7 Å². The van der Waals surface area contributed by atoms with E-state index in [4.69, 9.17) is 13.9 Å². The topological polar surface area (TPSA) is 94.8 Å². The van der Waals surface area contributed by atoms with Crippen LogP contribution < -0.4 is 10.1 Å². The number of ketones is 1. The molecule has 1 heterocycles. The molecule has 2 aromatic rings. The SMILES string of the molecule is CCOC(=O)c1c(NC(=O)COc2cccc(C)c2)oc(C)c1C(C)=O. The number of esters is 1. The first-order valence-corrected chi connectivity index (χ1v) is 8.14. The molecular formula is C19H21NO6. The molecule has 1 N–H and O–H groups in total. The van der Waals surface area contributed by atoms with Gasteiger partial charge in [-0.3, -0.25) is 14.9 Å². The van der Waals surface area contributed by atoms with E-state index in [0.717, 1.165) is 5.56 Å². The van der Waals surface area contributed by atoms with Crippen molar-refractivity contribution in [3.63, 3.8) is 0 Å². The molecule has 1 amide bonds. The van der Waals surface area contributed by atoms with Gasteiger partial charge in [-0.05, 0) is 45.4 Å². The summed E-state index contributed by atoms with van der Waals surface area (Å²) < 4.78 is 15.8. The number of amides is 1. The van der Waals surface area contributed by atoms with Gasteiger partial charge in [0.25, 0.3) is 5.91 Å². The van der Waals surface area contributed by atoms with Gasteiger partial charge < -0.3 is 13.9 Å². The average molecular weight is 359 g/mol. The van der Waals surface area contributed by atoms with Crippen molar-refractivity contribution in [1.29, 1.82) is 0 Å². The minimum Gasteiger partial charge on any atom is -0.484 e. The molecule has 7 nitrogen and oxygen atoms in total. The number of benzene rings is 1. The Kier molecular flexibility index (Phi) is 6.16. The molecule has 0 bridgehead atoms. The van der Waals surface area contributed by atoms with Crippen molar-refractivity contribution >= 4 is 23.5 Å². The standard InChI is InChI=1S/C19H21NO6/c1-5-24-19(23)17-16(12(3)21)13(4)26-18(17)20-15(22)10-25-14-8-6-7-11(2)9-14/h6-9H,5,10H2,1-4H3,(H,20,22). The van der Waals surface area contributed by atoms with Crippen molar-refractivity contribution in [3.05, 3.63) is 46.7 Å². The lowest BCUT2D eigenvalue weighted by molar-refractivity contribution is -0.118. The lowest BCUT2D eigenvalue weighted by Gasteiger charge is -2.08. The smallest absolute Gasteiger partial charge is 0.344 e. The van der Waals surface area contributed by atoms with Crippen molar-refractivity contribution in [1.82, 2.24) is 0 Å². The van der Waals surface area contributed by atoms with Gasteiger partial charge in [0.1, 0.15) is 17.1 Å². The van der Waals surface area contributed by atoms with Crippen LogP contribution in [0.3, 0.4) is 0 Å². The average Bonchev–Trinajstić information content (AvgIpc) is 2.89. The summed E-state index contributed by atoms with van der Waals surface area (Å²) >= 11 is 0. The van der Waals surface area contributed by atoms with Gasteiger partial charge in [-0.15, -0.1) is 0 Å². The van der Waals surface area contributed by atoms with E-state index in [1.165, 1.54) is 6.92 Å². The maximum Gasteiger partial charge on any atom is 0.344 e. The number of hydrogen-bond acceptors (Lipinski definition) is 6. The van der Waals surface area contributed by atoms with E-state index in [9.17, 15) is 14.4 Å². The maximum absolute atomic E-state index is 12.2. The summed E-state index contributed by atoms with van der Waals surface area (Å²) in [4.78, 5) is 36.2. The Labute approximate surface area is 151 Å². The summed E-state index contributed by atoms with van der Waals surface area (Å²) in [7, 11) is 0. The highest BCUT2D eigenvalue weighted by Gasteiger charge is 2.28. The minimum absolute atomic E-state index is 0.0826. The van der Waals surface area contributed by atoms with Gasteiger partial charge in [0.05, 0.1) is 12.2 Å². The van der Waals surface area contributed by atoms with Crippen molar-refractivity contribution in [3.8, 4) is 5.75 Å². The summed E-state index contributed by atoms with van der Waals surface area (Å²) in [6, 6.07) is 7.25. The predicted octanol–water partition coefficient (Wildman–Crippen LogP) is 3.29. The van der Waals surface area contributed by atoms with Crippen LogP contribution in [0.25, 0.3) is 0 Å². The van der Waals surface area contributed by atoms with Crippen LogP contribution >= 0.6 is 0 Å². The number of carbonyl (C=O) groups excluding carboxylic acids is 3. The third-order valence-electron chi connectivity index (χ3n) is 3.53. The van der Waals surface area contributed by atoms with Crippen molar-refractivity contribution < 1.29 is 28.3 Å². The van der Waals surface area contributed by atoms with E-state index < -0.39 is 11.9 Å². The second-order valence-electron chi connectivity index (χ2n) is 5.67. The number of nitrogens with one attached hydrogen (secondary N) is 1. The Morgan fingerprint density at radius 3 is 2.50 bits per heavy atom. The zero-order valence-corrected chi connectivity index (χ0v) is 15.2. The largest absolute Gasteiger partial charge is 0.484 e. The zero-order valence-electron chi connectivity index (χ0n) is 15.2. The van der Waals surface area contributed by atoms with Crippen LogP contribution in [0, 0.1) is 13.8 Å². The Bertz CT molecular complexity index is 837. The van der Waals surface area contributed by atoms with Gasteiger partial charge in [-0.1, -0.05) is 12.1 Å². The van der Waals surface area contributed by atoms with E-state index in [2.05, 4.69) is 5.32 Å². The molecule has 0 radical (unpaired) electrons. The number of ether oxygens (including phenoxy) is 2. The molecule has 0 fully saturated rings. The molecule has 0 spiro atoms.